The summed E-state index contributed by atoms with van der Waals surface area (Å²) in [4.78, 5) is -0.890. The molecule has 2 N–H and O–H groups in total. The van der Waals surface area contributed by atoms with Crippen LogP contribution in [0.2, 0.25) is 0 Å². The Bertz CT molecular complexity index is 491. The molecule has 0 fully saturated rings. The molecule has 0 unspecified atom stereocenters. The number of hydrogen-bond donors (Lipinski definition) is 2. The summed E-state index contributed by atoms with van der Waals surface area (Å²) in [5.41, 5.74) is 0. The second kappa shape index (κ2) is 3.97. The third-order valence-corrected chi connectivity index (χ3v) is 4.18. The van der Waals surface area contributed by atoms with Crippen LogP contribution in [0.1, 0.15) is 0 Å². The van der Waals surface area contributed by atoms with Crippen LogP contribution in [0, 0.1) is 0 Å². The minimum atomic E-state index is -6.25. The van der Waals surface area contributed by atoms with Crippen molar-refractivity contribution in [1.82, 2.24) is 0 Å². The molecule has 1 rings (SSSR count). The molecule has 3 nitrogen and oxygen atoms in total. The van der Waals surface area contributed by atoms with E-state index in [1.165, 1.54) is 6.07 Å². The van der Waals surface area contributed by atoms with Crippen LogP contribution in [0.15, 0.2) is 35.2 Å². The van der Waals surface area contributed by atoms with Crippen molar-refractivity contribution >= 4 is 9.63 Å². The van der Waals surface area contributed by atoms with Crippen molar-refractivity contribution in [3.63, 3.8) is 0 Å². The zero-order chi connectivity index (χ0) is 14.3. The van der Waals surface area contributed by atoms with Crippen LogP contribution < -0.4 is 0 Å². The summed E-state index contributed by atoms with van der Waals surface area (Å²) in [6.45, 7) is 0. The van der Waals surface area contributed by atoms with Gasteiger partial charge in [0.05, 0.1) is 4.90 Å². The van der Waals surface area contributed by atoms with Crippen LogP contribution in [0.25, 0.3) is 0 Å². The predicted molar refractivity (Wildman–Crippen MR) is 54.0 cm³/mol. The Kier molecular flexibility index (Phi) is 3.31. The van der Waals surface area contributed by atoms with Crippen LogP contribution in [0.5, 0.6) is 0 Å². The molecule has 1 aromatic rings. The van der Waals surface area contributed by atoms with Gasteiger partial charge in [0.15, 0.2) is 0 Å². The van der Waals surface area contributed by atoms with E-state index >= 15 is 0 Å². The summed E-state index contributed by atoms with van der Waals surface area (Å²) in [5, 5.41) is 0. The van der Waals surface area contributed by atoms with Crippen molar-refractivity contribution in [2.45, 2.75) is 17.0 Å². The molecule has 0 aliphatic carbocycles. The number of halogens is 5. The molecular formula is C9H9F5O3S. The Morgan fingerprint density at radius 1 is 1.00 bits per heavy atom. The van der Waals surface area contributed by atoms with Gasteiger partial charge in [-0.3, -0.25) is 0 Å². The first-order valence-electron chi connectivity index (χ1n) is 4.48. The van der Waals surface area contributed by atoms with Gasteiger partial charge in [0, 0.05) is 0 Å². The van der Waals surface area contributed by atoms with Crippen LogP contribution in [-0.2, 0) is 9.63 Å². The van der Waals surface area contributed by atoms with E-state index in [0.717, 1.165) is 24.3 Å². The fourth-order valence-electron chi connectivity index (χ4n) is 1.19. The molecule has 0 amide bonds. The van der Waals surface area contributed by atoms with Gasteiger partial charge in [0.25, 0.3) is 0 Å². The van der Waals surface area contributed by atoms with Crippen LogP contribution in [0.4, 0.5) is 22.0 Å². The zero-order valence-corrected chi connectivity index (χ0v) is 9.51. The van der Waals surface area contributed by atoms with E-state index in [9.17, 15) is 35.3 Å². The zero-order valence-electron chi connectivity index (χ0n) is 8.69. The maximum Gasteiger partial charge on any atom is 0.454 e. The summed E-state index contributed by atoms with van der Waals surface area (Å²) in [5.74, 6) is -8.10. The normalized spacial score (nSPS) is 16.1. The Labute approximate surface area is 98.7 Å². The van der Waals surface area contributed by atoms with Gasteiger partial charge >= 0.3 is 12.1 Å². The van der Waals surface area contributed by atoms with Gasteiger partial charge in [0.2, 0.25) is 0 Å². The molecule has 0 aliphatic heterocycles. The van der Waals surface area contributed by atoms with Gasteiger partial charge in [-0.2, -0.15) is 22.0 Å². The second-order valence-corrected chi connectivity index (χ2v) is 6.47. The maximum atomic E-state index is 12.7. The largest absolute Gasteiger partial charge is 0.454 e. The standard InChI is InChI=1S/C9H9F5O3S/c10-8(11,9(12,13)14)6-18(15,16,17)7-4-2-1-3-5-7/h1-5H,6H2,(H2,15,16,17). The average molecular weight is 292 g/mol. The van der Waals surface area contributed by atoms with Gasteiger partial charge in [0.1, 0.15) is 15.4 Å². The fraction of sp³-hybridized carbons (Fsp3) is 0.333. The molecule has 0 atom stereocenters. The summed E-state index contributed by atoms with van der Waals surface area (Å²) in [7, 11) is -6.25. The molecule has 0 radical (unpaired) electrons. The van der Waals surface area contributed by atoms with E-state index in [-0.39, 0.29) is 0 Å². The van der Waals surface area contributed by atoms with E-state index in [4.69, 9.17) is 0 Å². The van der Waals surface area contributed by atoms with Crippen molar-refractivity contribution in [3.8, 4) is 0 Å². The Balaban J connectivity index is 3.20. The lowest BCUT2D eigenvalue weighted by molar-refractivity contribution is -0.272. The summed E-state index contributed by atoms with van der Waals surface area (Å²) in [6.07, 6.45) is -6.02. The number of rotatable bonds is 3. The van der Waals surface area contributed by atoms with Crippen molar-refractivity contribution < 1.29 is 35.3 Å². The van der Waals surface area contributed by atoms with Crippen molar-refractivity contribution in [3.05, 3.63) is 30.3 Å². The summed E-state index contributed by atoms with van der Waals surface area (Å²) in [6, 6.07) is 5.18. The smallest absolute Gasteiger partial charge is 0.304 e. The van der Waals surface area contributed by atoms with Crippen LogP contribution in [0.3, 0.4) is 0 Å². The SMILES string of the molecule is O=S(O)(O)(CC(F)(F)C(F)(F)F)c1ccccc1. The minimum Gasteiger partial charge on any atom is -0.304 e. The molecule has 1 aromatic carbocycles. The Morgan fingerprint density at radius 3 is 1.83 bits per heavy atom. The topological polar surface area (TPSA) is 57.5 Å². The number of alkyl halides is 5. The molecule has 0 bridgehead atoms. The highest BCUT2D eigenvalue weighted by molar-refractivity contribution is 8.10. The van der Waals surface area contributed by atoms with Crippen molar-refractivity contribution in [2.24, 2.45) is 0 Å². The third kappa shape index (κ3) is 3.03. The Hall–Kier alpha value is -1.06. The lowest BCUT2D eigenvalue weighted by atomic mass is 10.4. The lowest BCUT2D eigenvalue weighted by Gasteiger charge is -2.34. The molecule has 0 aliphatic rings. The van der Waals surface area contributed by atoms with E-state index in [0.29, 0.717) is 0 Å². The predicted octanol–water partition coefficient (Wildman–Crippen LogP) is 3.01. The maximum absolute atomic E-state index is 12.7. The first-order chi connectivity index (χ1) is 7.84. The van der Waals surface area contributed by atoms with Crippen LogP contribution in [-0.4, -0.2) is 31.2 Å². The molecule has 0 spiro atoms. The number of benzene rings is 1. The van der Waals surface area contributed by atoms with Gasteiger partial charge in [-0.1, -0.05) is 18.2 Å². The fourth-order valence-corrected chi connectivity index (χ4v) is 2.87. The Morgan fingerprint density at radius 2 is 1.44 bits per heavy atom. The first kappa shape index (κ1) is 15.0. The van der Waals surface area contributed by atoms with Gasteiger partial charge in [-0.05, 0) is 12.1 Å². The lowest BCUT2D eigenvalue weighted by Crippen LogP contribution is -2.51. The highest BCUT2D eigenvalue weighted by atomic mass is 32.3. The van der Waals surface area contributed by atoms with Crippen molar-refractivity contribution in [2.75, 3.05) is 5.75 Å². The quantitative estimate of drug-likeness (QED) is 0.842. The van der Waals surface area contributed by atoms with Gasteiger partial charge in [-0.15, -0.1) is 0 Å². The van der Waals surface area contributed by atoms with E-state index in [2.05, 4.69) is 0 Å². The molecule has 0 aromatic heterocycles. The highest BCUT2D eigenvalue weighted by Gasteiger charge is 2.62. The van der Waals surface area contributed by atoms with Gasteiger partial charge in [-0.25, -0.2) is 4.21 Å². The van der Waals surface area contributed by atoms with E-state index < -0.39 is 32.4 Å². The molecular weight excluding hydrogens is 283 g/mol. The minimum absolute atomic E-state index is 0.793. The molecule has 104 valence electrons. The molecule has 0 heterocycles. The summed E-state index contributed by atoms with van der Waals surface area (Å²) < 4.78 is 91.5. The molecule has 9 heteroatoms. The molecule has 0 saturated carbocycles. The average Bonchev–Trinajstić information content (AvgIpc) is 2.14. The highest BCUT2D eigenvalue weighted by Crippen LogP contribution is 2.42. The summed E-state index contributed by atoms with van der Waals surface area (Å²) >= 11 is 0. The van der Waals surface area contributed by atoms with Crippen molar-refractivity contribution in [1.29, 1.82) is 0 Å². The first-order valence-corrected chi connectivity index (χ1v) is 6.53. The van der Waals surface area contributed by atoms with E-state index in [1.54, 1.807) is 0 Å². The second-order valence-electron chi connectivity index (χ2n) is 3.68. The van der Waals surface area contributed by atoms with Crippen LogP contribution >= 0.6 is 0 Å². The van der Waals surface area contributed by atoms with Gasteiger partial charge < -0.3 is 9.11 Å². The number of hydrogen-bond acceptors (Lipinski definition) is 1. The van der Waals surface area contributed by atoms with E-state index in [1.807, 2.05) is 0 Å². The monoisotopic (exact) mass is 292 g/mol. The molecule has 18 heavy (non-hydrogen) atoms. The third-order valence-electron chi connectivity index (χ3n) is 2.07. The molecule has 0 saturated heterocycles.